The van der Waals surface area contributed by atoms with Gasteiger partial charge in [0.1, 0.15) is 22.9 Å². The fourth-order valence-electron chi connectivity index (χ4n) is 4.88. The first-order valence-corrected chi connectivity index (χ1v) is 21.7. The van der Waals surface area contributed by atoms with Crippen molar-refractivity contribution >= 4 is 28.8 Å². The number of aromatic nitrogens is 8. The van der Waals surface area contributed by atoms with Crippen molar-refractivity contribution in [2.24, 2.45) is 0 Å². The van der Waals surface area contributed by atoms with Crippen LogP contribution in [0, 0.1) is 30.3 Å². The zero-order chi connectivity index (χ0) is 51.7. The molecular formula is C47H59ClF3N11O6. The van der Waals surface area contributed by atoms with Crippen molar-refractivity contribution in [1.82, 2.24) is 39.9 Å². The van der Waals surface area contributed by atoms with Crippen LogP contribution in [0.5, 0.6) is 0 Å². The summed E-state index contributed by atoms with van der Waals surface area (Å²) in [4.78, 5) is 61.4. The van der Waals surface area contributed by atoms with E-state index in [2.05, 4.69) is 67.6 Å². The molecule has 6 aromatic heterocycles. The van der Waals surface area contributed by atoms with Crippen LogP contribution in [-0.2, 0) is 6.18 Å². The predicted octanol–water partition coefficient (Wildman–Crippen LogP) is 13.4. The van der Waals surface area contributed by atoms with E-state index >= 15 is 0 Å². The summed E-state index contributed by atoms with van der Waals surface area (Å²) in [5.41, 5.74) is 3.23. The molecule has 0 N–H and O–H groups in total. The molecule has 0 spiro atoms. The summed E-state index contributed by atoms with van der Waals surface area (Å²) < 4.78 is 36.2. The smallest absolute Gasteiger partial charge is 0.358 e. The summed E-state index contributed by atoms with van der Waals surface area (Å²) in [7, 11) is 0. The molecule has 21 heteroatoms. The van der Waals surface area contributed by atoms with Gasteiger partial charge in [0, 0.05) is 78.3 Å². The lowest BCUT2D eigenvalue weighted by atomic mass is 10.1. The lowest BCUT2D eigenvalue weighted by Gasteiger charge is -2.08. The molecule has 0 fully saturated rings. The summed E-state index contributed by atoms with van der Waals surface area (Å²) in [6, 6.07) is 15.3. The molecule has 68 heavy (non-hydrogen) atoms. The molecule has 17 nitrogen and oxygen atoms in total. The van der Waals surface area contributed by atoms with Gasteiger partial charge in [-0.25, -0.2) is 15.0 Å². The second-order valence-electron chi connectivity index (χ2n) is 16.3. The molecule has 0 bridgehead atoms. The van der Waals surface area contributed by atoms with Gasteiger partial charge in [-0.3, -0.25) is 40.2 Å². The number of rotatable bonds is 9. The van der Waals surface area contributed by atoms with E-state index in [-0.39, 0.29) is 34.9 Å². The lowest BCUT2D eigenvalue weighted by molar-refractivity contribution is -0.389. The third-order valence-electron chi connectivity index (χ3n) is 8.69. The first-order valence-electron chi connectivity index (χ1n) is 21.3. The first kappa shape index (κ1) is 59.1. The maximum absolute atomic E-state index is 12.1. The number of nitrogens with zero attached hydrogens (tertiary/aromatic N) is 11. The van der Waals surface area contributed by atoms with Crippen LogP contribution in [0.25, 0.3) is 0 Å². The van der Waals surface area contributed by atoms with Crippen molar-refractivity contribution in [2.75, 3.05) is 0 Å². The van der Waals surface area contributed by atoms with Gasteiger partial charge in [-0.2, -0.15) is 13.2 Å². The van der Waals surface area contributed by atoms with Crippen LogP contribution in [-0.4, -0.2) is 54.6 Å². The highest BCUT2D eigenvalue weighted by atomic mass is 35.5. The molecule has 366 valence electrons. The van der Waals surface area contributed by atoms with Crippen LogP contribution in [0.3, 0.4) is 0 Å². The van der Waals surface area contributed by atoms with Gasteiger partial charge in [0.25, 0.3) is 11.4 Å². The summed E-state index contributed by atoms with van der Waals surface area (Å²) in [6.45, 7) is 23.7. The summed E-state index contributed by atoms with van der Waals surface area (Å²) >= 11 is 5.62. The molecule has 0 amide bonds. The van der Waals surface area contributed by atoms with Gasteiger partial charge in [0.15, 0.2) is 5.69 Å². The van der Waals surface area contributed by atoms with Crippen LogP contribution in [0.1, 0.15) is 158 Å². The fraction of sp³-hybridized carbons (Fsp3) is 0.404. The van der Waals surface area contributed by atoms with Crippen molar-refractivity contribution < 1.29 is 27.9 Å². The average Bonchev–Trinajstić information content (AvgIpc) is 3.30. The number of alkyl halides is 3. The maximum Gasteiger partial charge on any atom is 0.417 e. The van der Waals surface area contributed by atoms with Crippen LogP contribution < -0.4 is 0 Å². The molecule has 0 aliphatic rings. The van der Waals surface area contributed by atoms with E-state index in [0.717, 1.165) is 35.2 Å². The van der Waals surface area contributed by atoms with E-state index in [1.165, 1.54) is 36.7 Å². The topological polar surface area (TPSA) is 233 Å². The number of hydrogen-bond acceptors (Lipinski definition) is 14. The molecule has 0 saturated carbocycles. The number of pyridine rings is 4. The van der Waals surface area contributed by atoms with Crippen LogP contribution in [0.15, 0.2) is 104 Å². The first-order chi connectivity index (χ1) is 31.8. The molecular weight excluding hydrogens is 907 g/mol. The van der Waals surface area contributed by atoms with E-state index in [9.17, 15) is 43.5 Å². The Labute approximate surface area is 399 Å². The van der Waals surface area contributed by atoms with Crippen molar-refractivity contribution in [3.63, 3.8) is 0 Å². The third kappa shape index (κ3) is 22.5. The molecule has 0 radical (unpaired) electrons. The molecule has 0 unspecified atom stereocenters. The van der Waals surface area contributed by atoms with E-state index < -0.39 is 26.5 Å². The Balaban J connectivity index is 0.000000409. The van der Waals surface area contributed by atoms with Gasteiger partial charge < -0.3 is 10.1 Å². The molecule has 0 aromatic carbocycles. The van der Waals surface area contributed by atoms with Gasteiger partial charge in [0.05, 0.1) is 27.3 Å². The van der Waals surface area contributed by atoms with Gasteiger partial charge in [-0.1, -0.05) is 94.7 Å². The van der Waals surface area contributed by atoms with Crippen LogP contribution in [0.4, 0.5) is 30.4 Å². The molecule has 0 saturated heterocycles. The SMILES string of the molecule is CC(C)c1ccc(C(F)(F)F)cn1.CC(C)c1ccc([N+](=O)[O-])cn1.CC(C)c1cccc([N+](=O)[O-])n1.CC(C)c1cncc(Cl)n1.CC(C)c1ncccc1[N+](=O)[O-].CC(C)c1ncccn1. The minimum atomic E-state index is -4.29. The fourth-order valence-corrected chi connectivity index (χ4v) is 5.03. The minimum absolute atomic E-state index is 0.0411. The Morgan fingerprint density at radius 1 is 0.500 bits per heavy atom. The Bertz CT molecular complexity index is 2430. The molecule has 0 atom stereocenters. The number of nitro groups is 3. The Morgan fingerprint density at radius 3 is 1.41 bits per heavy atom. The second-order valence-corrected chi connectivity index (χ2v) is 16.7. The molecule has 6 heterocycles. The van der Waals surface area contributed by atoms with Crippen LogP contribution in [0.2, 0.25) is 5.15 Å². The summed E-state index contributed by atoms with van der Waals surface area (Å²) in [5, 5.41) is 31.5. The highest BCUT2D eigenvalue weighted by Gasteiger charge is 2.30. The standard InChI is InChI=1S/C9H10F3N.3C8H10N2O2.C7H9ClN2.C7H10N2/c1-6(2)8-4-3-7(5-13-8)9(10,11)12;1-6(2)8-4-3-7(5-9-8)10(11)12;1-6(2)8-7(10(11)12)4-3-5-9-8;1-6(2)7-4-3-5-8(9-7)10(11)12;1-5(2)6-3-9-4-7(8)10-6;1-6(2)7-8-4-3-5-9-7/h3-6H,1-2H3;3*3-6H,1-2H3;3-5H,1-2H3;3-6H,1-2H3. The molecule has 0 aliphatic heterocycles. The third-order valence-corrected chi connectivity index (χ3v) is 8.87. The zero-order valence-electron chi connectivity index (χ0n) is 40.2. The highest BCUT2D eigenvalue weighted by molar-refractivity contribution is 6.29. The Kier molecular flexibility index (Phi) is 25.7. The van der Waals surface area contributed by atoms with Gasteiger partial charge in [0.2, 0.25) is 0 Å². The lowest BCUT2D eigenvalue weighted by Crippen LogP contribution is -2.06. The van der Waals surface area contributed by atoms with Crippen molar-refractivity contribution in [1.29, 1.82) is 0 Å². The van der Waals surface area contributed by atoms with E-state index in [1.807, 2.05) is 61.5 Å². The second kappa shape index (κ2) is 29.6. The Morgan fingerprint density at radius 2 is 1.04 bits per heavy atom. The zero-order valence-corrected chi connectivity index (χ0v) is 40.9. The largest absolute Gasteiger partial charge is 0.417 e. The van der Waals surface area contributed by atoms with E-state index in [4.69, 9.17) is 11.6 Å². The molecule has 0 aliphatic carbocycles. The summed E-state index contributed by atoms with van der Waals surface area (Å²) in [5.74, 6) is 2.45. The summed E-state index contributed by atoms with van der Waals surface area (Å²) in [6.07, 6.45) is 6.24. The van der Waals surface area contributed by atoms with Gasteiger partial charge in [-0.05, 0) is 70.1 Å². The number of hydrogen-bond donors (Lipinski definition) is 0. The quantitative estimate of drug-likeness (QED) is 0.0968. The predicted molar refractivity (Wildman–Crippen MR) is 256 cm³/mol. The Hall–Kier alpha value is -6.96. The van der Waals surface area contributed by atoms with E-state index in [0.29, 0.717) is 34.3 Å². The van der Waals surface area contributed by atoms with Gasteiger partial charge in [-0.15, -0.1) is 0 Å². The van der Waals surface area contributed by atoms with Crippen molar-refractivity contribution in [3.05, 3.63) is 179 Å². The van der Waals surface area contributed by atoms with Crippen LogP contribution >= 0.6 is 11.6 Å². The highest BCUT2D eigenvalue weighted by Crippen LogP contribution is 2.29. The van der Waals surface area contributed by atoms with Gasteiger partial charge >= 0.3 is 12.0 Å². The average molecular weight is 967 g/mol. The minimum Gasteiger partial charge on any atom is -0.358 e. The van der Waals surface area contributed by atoms with E-state index in [1.54, 1.807) is 49.1 Å². The number of halogens is 4. The molecule has 6 aromatic rings. The normalized spacial score (nSPS) is 10.6. The molecule has 6 rings (SSSR count). The maximum atomic E-state index is 12.1. The van der Waals surface area contributed by atoms with Crippen molar-refractivity contribution in [3.8, 4) is 0 Å². The van der Waals surface area contributed by atoms with Crippen molar-refractivity contribution in [2.45, 2.75) is 125 Å². The monoisotopic (exact) mass is 965 g/mol.